The molecule has 0 bridgehead atoms. The van der Waals surface area contributed by atoms with E-state index in [0.717, 1.165) is 16.7 Å². The largest absolute Gasteiger partial charge is 0.378 e. The standard InChI is InChI=1S/C26H30N2O4/c1-4-6-20-8-11-22(12-9-20)25(29)28(31-3)19-23-18-21(7-5-2)10-13-24(23)26(30)27-14-16-32-17-15-27/h4-13,18H,14-17,19H2,1-3H3/b6-4+,7-5+. The van der Waals surface area contributed by atoms with Crippen LogP contribution in [-0.2, 0) is 16.1 Å². The third-order valence-electron chi connectivity index (χ3n) is 5.29. The molecule has 6 nitrogen and oxygen atoms in total. The highest BCUT2D eigenvalue weighted by Gasteiger charge is 2.24. The fourth-order valence-electron chi connectivity index (χ4n) is 3.63. The molecular weight excluding hydrogens is 404 g/mol. The van der Waals surface area contributed by atoms with Crippen molar-refractivity contribution in [2.45, 2.75) is 20.4 Å². The van der Waals surface area contributed by atoms with Crippen molar-refractivity contribution in [1.29, 1.82) is 0 Å². The summed E-state index contributed by atoms with van der Waals surface area (Å²) in [5.74, 6) is -0.324. The molecule has 6 heteroatoms. The lowest BCUT2D eigenvalue weighted by molar-refractivity contribution is -0.102. The number of morpholine rings is 1. The van der Waals surface area contributed by atoms with E-state index in [1.807, 2.05) is 68.5 Å². The van der Waals surface area contributed by atoms with E-state index in [9.17, 15) is 9.59 Å². The second kappa shape index (κ2) is 11.4. The molecule has 1 heterocycles. The summed E-state index contributed by atoms with van der Waals surface area (Å²) in [5.41, 5.74) is 3.80. The summed E-state index contributed by atoms with van der Waals surface area (Å²) in [7, 11) is 1.46. The Bertz CT molecular complexity index is 989. The van der Waals surface area contributed by atoms with Crippen molar-refractivity contribution in [1.82, 2.24) is 9.96 Å². The van der Waals surface area contributed by atoms with Crippen LogP contribution >= 0.6 is 0 Å². The monoisotopic (exact) mass is 434 g/mol. The Hall–Kier alpha value is -3.22. The van der Waals surface area contributed by atoms with Crippen LogP contribution in [0.25, 0.3) is 12.2 Å². The summed E-state index contributed by atoms with van der Waals surface area (Å²) in [4.78, 5) is 33.5. The molecule has 0 aromatic heterocycles. The van der Waals surface area contributed by atoms with Crippen LogP contribution in [0.15, 0.2) is 54.6 Å². The number of hydroxylamine groups is 2. The predicted molar refractivity (Wildman–Crippen MR) is 126 cm³/mol. The van der Waals surface area contributed by atoms with Crippen LogP contribution in [0.3, 0.4) is 0 Å². The van der Waals surface area contributed by atoms with Gasteiger partial charge in [0.1, 0.15) is 0 Å². The van der Waals surface area contributed by atoms with Gasteiger partial charge in [-0.25, -0.2) is 5.06 Å². The number of carbonyl (C=O) groups is 2. The minimum Gasteiger partial charge on any atom is -0.378 e. The molecule has 0 N–H and O–H groups in total. The first-order valence-corrected chi connectivity index (χ1v) is 10.8. The number of carbonyl (C=O) groups excluding carboxylic acids is 2. The van der Waals surface area contributed by atoms with Crippen molar-refractivity contribution in [2.75, 3.05) is 33.4 Å². The van der Waals surface area contributed by atoms with Crippen molar-refractivity contribution in [3.8, 4) is 0 Å². The summed E-state index contributed by atoms with van der Waals surface area (Å²) in [5, 5.41) is 1.29. The zero-order valence-electron chi connectivity index (χ0n) is 18.9. The van der Waals surface area contributed by atoms with E-state index < -0.39 is 0 Å². The van der Waals surface area contributed by atoms with Gasteiger partial charge in [0.2, 0.25) is 0 Å². The Morgan fingerprint density at radius 2 is 1.62 bits per heavy atom. The molecule has 0 unspecified atom stereocenters. The van der Waals surface area contributed by atoms with Gasteiger partial charge in [-0.2, -0.15) is 0 Å². The smallest absolute Gasteiger partial charge is 0.277 e. The van der Waals surface area contributed by atoms with Gasteiger partial charge in [0.05, 0.1) is 26.9 Å². The molecule has 168 valence electrons. The van der Waals surface area contributed by atoms with Gasteiger partial charge in [0, 0.05) is 24.2 Å². The van der Waals surface area contributed by atoms with E-state index in [1.165, 1.54) is 12.2 Å². The maximum Gasteiger partial charge on any atom is 0.277 e. The molecule has 32 heavy (non-hydrogen) atoms. The van der Waals surface area contributed by atoms with Crippen molar-refractivity contribution in [2.24, 2.45) is 0 Å². The minimum atomic E-state index is -0.263. The van der Waals surface area contributed by atoms with Crippen LogP contribution in [0.5, 0.6) is 0 Å². The molecule has 1 saturated heterocycles. The van der Waals surface area contributed by atoms with Gasteiger partial charge in [0.25, 0.3) is 11.8 Å². The van der Waals surface area contributed by atoms with Gasteiger partial charge in [-0.15, -0.1) is 0 Å². The summed E-state index contributed by atoms with van der Waals surface area (Å²) in [6.45, 7) is 6.22. The van der Waals surface area contributed by atoms with Gasteiger partial charge in [-0.05, 0) is 54.8 Å². The number of benzene rings is 2. The normalized spacial score (nSPS) is 14.3. The topological polar surface area (TPSA) is 59.1 Å². The highest BCUT2D eigenvalue weighted by molar-refractivity contribution is 5.97. The number of rotatable bonds is 7. The molecule has 2 amide bonds. The van der Waals surface area contributed by atoms with Gasteiger partial charge in [-0.3, -0.25) is 14.4 Å². The Balaban J connectivity index is 1.88. The van der Waals surface area contributed by atoms with E-state index in [2.05, 4.69) is 0 Å². The Labute approximate surface area is 189 Å². The van der Waals surface area contributed by atoms with Gasteiger partial charge in [-0.1, -0.05) is 42.5 Å². The molecule has 2 aromatic carbocycles. The average molecular weight is 435 g/mol. The second-order valence-corrected chi connectivity index (χ2v) is 7.47. The highest BCUT2D eigenvalue weighted by Crippen LogP contribution is 2.20. The Morgan fingerprint density at radius 3 is 2.25 bits per heavy atom. The minimum absolute atomic E-state index is 0.0606. The van der Waals surface area contributed by atoms with Crippen LogP contribution < -0.4 is 0 Å². The lowest BCUT2D eigenvalue weighted by atomic mass is 10.0. The van der Waals surface area contributed by atoms with Crippen LogP contribution in [0.2, 0.25) is 0 Å². The van der Waals surface area contributed by atoms with E-state index in [1.54, 1.807) is 17.0 Å². The van der Waals surface area contributed by atoms with Crippen LogP contribution in [0, 0.1) is 0 Å². The predicted octanol–water partition coefficient (Wildman–Crippen LogP) is 4.43. The van der Waals surface area contributed by atoms with E-state index in [-0.39, 0.29) is 18.4 Å². The zero-order chi connectivity index (χ0) is 22.9. The van der Waals surface area contributed by atoms with Crippen molar-refractivity contribution < 1.29 is 19.2 Å². The molecule has 2 aromatic rings. The molecule has 1 aliphatic rings. The summed E-state index contributed by atoms with van der Waals surface area (Å²) in [6, 6.07) is 13.0. The van der Waals surface area contributed by atoms with Crippen LogP contribution in [-0.4, -0.2) is 55.2 Å². The fourth-order valence-corrected chi connectivity index (χ4v) is 3.63. The van der Waals surface area contributed by atoms with E-state index in [4.69, 9.17) is 9.57 Å². The molecule has 0 radical (unpaired) electrons. The number of amides is 2. The summed E-state index contributed by atoms with van der Waals surface area (Å²) in [6.07, 6.45) is 7.82. The third kappa shape index (κ3) is 5.72. The number of nitrogens with zero attached hydrogens (tertiary/aromatic N) is 2. The second-order valence-electron chi connectivity index (χ2n) is 7.47. The number of hydrogen-bond donors (Lipinski definition) is 0. The number of allylic oxidation sites excluding steroid dienone is 2. The third-order valence-corrected chi connectivity index (χ3v) is 5.29. The molecule has 0 spiro atoms. The average Bonchev–Trinajstić information content (AvgIpc) is 2.83. The molecule has 0 saturated carbocycles. The maximum atomic E-state index is 13.2. The van der Waals surface area contributed by atoms with Gasteiger partial charge >= 0.3 is 0 Å². The molecular formula is C26H30N2O4. The quantitative estimate of drug-likeness (QED) is 0.605. The van der Waals surface area contributed by atoms with Gasteiger partial charge in [0.15, 0.2) is 0 Å². The Morgan fingerprint density at radius 1 is 1.00 bits per heavy atom. The van der Waals surface area contributed by atoms with Crippen LogP contribution in [0.1, 0.15) is 51.3 Å². The van der Waals surface area contributed by atoms with Gasteiger partial charge < -0.3 is 9.64 Å². The fraction of sp³-hybridized carbons (Fsp3) is 0.308. The SMILES string of the molecule is C/C=C/c1ccc(C(=O)N(Cc2cc(/C=C/C)ccc2C(=O)N2CCOCC2)OC)cc1. The lowest BCUT2D eigenvalue weighted by Gasteiger charge is -2.28. The first-order valence-electron chi connectivity index (χ1n) is 10.8. The molecule has 1 fully saturated rings. The molecule has 3 rings (SSSR count). The first-order chi connectivity index (χ1) is 15.6. The molecule has 0 atom stereocenters. The highest BCUT2D eigenvalue weighted by atomic mass is 16.7. The van der Waals surface area contributed by atoms with Crippen molar-refractivity contribution in [3.63, 3.8) is 0 Å². The maximum absolute atomic E-state index is 13.2. The summed E-state index contributed by atoms with van der Waals surface area (Å²) < 4.78 is 5.37. The zero-order valence-corrected chi connectivity index (χ0v) is 18.9. The van der Waals surface area contributed by atoms with E-state index in [0.29, 0.717) is 37.4 Å². The number of hydrogen-bond acceptors (Lipinski definition) is 4. The van der Waals surface area contributed by atoms with E-state index >= 15 is 0 Å². The van der Waals surface area contributed by atoms with Crippen molar-refractivity contribution in [3.05, 3.63) is 82.4 Å². The van der Waals surface area contributed by atoms with Crippen LogP contribution in [0.4, 0.5) is 0 Å². The summed E-state index contributed by atoms with van der Waals surface area (Å²) >= 11 is 0. The molecule has 0 aliphatic carbocycles. The lowest BCUT2D eigenvalue weighted by Crippen LogP contribution is -2.41. The molecule has 1 aliphatic heterocycles. The first kappa shape index (κ1) is 23.4. The Kier molecular flexibility index (Phi) is 8.36. The van der Waals surface area contributed by atoms with Crippen molar-refractivity contribution >= 4 is 24.0 Å². The number of ether oxygens (including phenoxy) is 1.